The van der Waals surface area contributed by atoms with E-state index in [9.17, 15) is 22.8 Å². The summed E-state index contributed by atoms with van der Waals surface area (Å²) in [5, 5.41) is 19.5. The number of alkyl halides is 3. The standard InChI is InChI=1S/C26H22F3N11O3/c1-30-24(41)20-17(34-23-21(43-3)15(8-10-32-23)22-33-13-39(2)38-22)11-18(36-37-20)35-19-7-6-16(26(27,28)29)25(42)40(19)14-5-4-9-31-12-14/h4-13H,1-3H3,(H,30,41)(H2,32,34,35,36)/i1D3. The van der Waals surface area contributed by atoms with Crippen molar-refractivity contribution in [3.05, 3.63) is 82.9 Å². The van der Waals surface area contributed by atoms with E-state index in [1.54, 1.807) is 13.1 Å². The Labute approximate surface area is 244 Å². The van der Waals surface area contributed by atoms with Gasteiger partial charge in [-0.15, -0.1) is 10.2 Å². The Morgan fingerprint density at radius 1 is 1.09 bits per heavy atom. The van der Waals surface area contributed by atoms with Crippen molar-refractivity contribution in [1.82, 2.24) is 44.8 Å². The molecule has 43 heavy (non-hydrogen) atoms. The third-order valence-corrected chi connectivity index (χ3v) is 5.87. The third-order valence-electron chi connectivity index (χ3n) is 5.87. The second-order valence-corrected chi connectivity index (χ2v) is 8.66. The molecule has 5 heterocycles. The summed E-state index contributed by atoms with van der Waals surface area (Å²) >= 11 is 0. The maximum Gasteiger partial charge on any atom is 0.421 e. The molecular formula is C26H22F3N11O3. The van der Waals surface area contributed by atoms with Crippen LogP contribution in [0.2, 0.25) is 0 Å². The number of nitrogens with one attached hydrogen (secondary N) is 3. The van der Waals surface area contributed by atoms with Gasteiger partial charge in [0.1, 0.15) is 17.7 Å². The second-order valence-electron chi connectivity index (χ2n) is 8.66. The average Bonchev–Trinajstić information content (AvgIpc) is 3.42. The van der Waals surface area contributed by atoms with Gasteiger partial charge in [-0.25, -0.2) is 9.97 Å². The molecule has 0 aromatic carbocycles. The highest BCUT2D eigenvalue weighted by atomic mass is 19.4. The molecule has 0 unspecified atom stereocenters. The van der Waals surface area contributed by atoms with Gasteiger partial charge in [0, 0.05) is 36.6 Å². The van der Waals surface area contributed by atoms with Gasteiger partial charge in [0.25, 0.3) is 11.5 Å². The lowest BCUT2D eigenvalue weighted by Gasteiger charge is -2.18. The van der Waals surface area contributed by atoms with Crippen molar-refractivity contribution in [1.29, 1.82) is 0 Å². The predicted molar refractivity (Wildman–Crippen MR) is 148 cm³/mol. The van der Waals surface area contributed by atoms with E-state index in [0.29, 0.717) is 11.6 Å². The van der Waals surface area contributed by atoms with Crippen LogP contribution in [0.25, 0.3) is 17.1 Å². The van der Waals surface area contributed by atoms with Crippen molar-refractivity contribution in [2.24, 2.45) is 7.05 Å². The number of hydrogen-bond acceptors (Lipinski definition) is 11. The number of rotatable bonds is 8. The highest BCUT2D eigenvalue weighted by molar-refractivity contribution is 5.98. The van der Waals surface area contributed by atoms with Gasteiger partial charge in [0.15, 0.2) is 28.9 Å². The zero-order valence-corrected chi connectivity index (χ0v) is 22.2. The molecule has 3 N–H and O–H groups in total. The van der Waals surface area contributed by atoms with Crippen molar-refractivity contribution in [2.75, 3.05) is 24.7 Å². The highest BCUT2D eigenvalue weighted by Gasteiger charge is 2.35. The first kappa shape index (κ1) is 24.9. The normalized spacial score (nSPS) is 12.5. The van der Waals surface area contributed by atoms with Gasteiger partial charge in [-0.05, 0) is 30.3 Å². The predicted octanol–water partition coefficient (Wildman–Crippen LogP) is 3.09. The topological polar surface area (TPSA) is 167 Å². The van der Waals surface area contributed by atoms with Gasteiger partial charge in [-0.1, -0.05) is 0 Å². The van der Waals surface area contributed by atoms with Crippen LogP contribution in [0.1, 0.15) is 20.2 Å². The van der Waals surface area contributed by atoms with Crippen molar-refractivity contribution < 1.29 is 26.8 Å². The van der Waals surface area contributed by atoms with Gasteiger partial charge in [-0.3, -0.25) is 23.8 Å². The fourth-order valence-electron chi connectivity index (χ4n) is 4.01. The van der Waals surface area contributed by atoms with Gasteiger partial charge in [-0.2, -0.15) is 18.3 Å². The fourth-order valence-corrected chi connectivity index (χ4v) is 4.01. The van der Waals surface area contributed by atoms with Crippen molar-refractivity contribution in [2.45, 2.75) is 6.18 Å². The van der Waals surface area contributed by atoms with Crippen LogP contribution >= 0.6 is 0 Å². The minimum Gasteiger partial charge on any atom is -0.492 e. The van der Waals surface area contributed by atoms with Crippen LogP contribution in [0.15, 0.2) is 66.1 Å². The first-order valence-electron chi connectivity index (χ1n) is 13.6. The Bertz CT molecular complexity index is 1970. The first-order valence-corrected chi connectivity index (χ1v) is 12.1. The molecule has 0 saturated carbocycles. The monoisotopic (exact) mass is 596 g/mol. The number of carbonyl (C=O) groups is 1. The maximum atomic E-state index is 13.6. The Morgan fingerprint density at radius 3 is 2.60 bits per heavy atom. The summed E-state index contributed by atoms with van der Waals surface area (Å²) in [6.07, 6.45) is 0.496. The summed E-state index contributed by atoms with van der Waals surface area (Å²) in [6.45, 7) is -2.88. The molecule has 0 aliphatic rings. The van der Waals surface area contributed by atoms with Gasteiger partial charge in [0.2, 0.25) is 0 Å². The Kier molecular flexibility index (Phi) is 6.69. The summed E-state index contributed by atoms with van der Waals surface area (Å²) in [4.78, 5) is 38.3. The summed E-state index contributed by atoms with van der Waals surface area (Å²) in [7, 11) is 3.03. The number of ether oxygens (including phenoxy) is 1. The number of anilines is 4. The molecule has 1 amide bonds. The molecule has 0 radical (unpaired) electrons. The number of amides is 1. The minimum atomic E-state index is -4.94. The quantitative estimate of drug-likeness (QED) is 0.241. The number of hydrogen-bond donors (Lipinski definition) is 3. The number of carbonyl (C=O) groups excluding carboxylic acids is 1. The van der Waals surface area contributed by atoms with E-state index < -0.39 is 35.9 Å². The fraction of sp³-hybridized carbons (Fsp3) is 0.154. The van der Waals surface area contributed by atoms with Crippen molar-refractivity contribution in [3.63, 3.8) is 0 Å². The van der Waals surface area contributed by atoms with E-state index in [1.807, 2.05) is 5.32 Å². The van der Waals surface area contributed by atoms with Crippen LogP contribution in [-0.2, 0) is 13.2 Å². The second kappa shape index (κ2) is 11.6. The number of nitrogens with zero attached hydrogens (tertiary/aromatic N) is 8. The molecule has 5 rings (SSSR count). The van der Waals surface area contributed by atoms with Crippen LogP contribution in [0.4, 0.5) is 36.3 Å². The summed E-state index contributed by atoms with van der Waals surface area (Å²) < 4.78 is 70.9. The van der Waals surface area contributed by atoms with E-state index >= 15 is 0 Å². The Hall–Kier alpha value is -5.87. The van der Waals surface area contributed by atoms with Crippen LogP contribution in [0.5, 0.6) is 5.75 Å². The molecule has 220 valence electrons. The largest absolute Gasteiger partial charge is 0.492 e. The number of halogens is 3. The molecule has 0 aliphatic heterocycles. The molecule has 0 bridgehead atoms. The lowest BCUT2D eigenvalue weighted by atomic mass is 10.2. The Morgan fingerprint density at radius 2 is 1.93 bits per heavy atom. The minimum absolute atomic E-state index is 0.00923. The van der Waals surface area contributed by atoms with Crippen molar-refractivity contribution in [3.8, 4) is 22.8 Å². The molecule has 5 aromatic heterocycles. The number of methoxy groups -OCH3 is 1. The van der Waals surface area contributed by atoms with Crippen molar-refractivity contribution >= 4 is 29.0 Å². The first-order chi connectivity index (χ1) is 21.7. The molecule has 14 nitrogen and oxygen atoms in total. The van der Waals surface area contributed by atoms with E-state index in [0.717, 1.165) is 10.6 Å². The van der Waals surface area contributed by atoms with E-state index in [4.69, 9.17) is 8.85 Å². The molecular weight excluding hydrogens is 571 g/mol. The van der Waals surface area contributed by atoms with Crippen LogP contribution in [0.3, 0.4) is 0 Å². The summed E-state index contributed by atoms with van der Waals surface area (Å²) in [6, 6.07) is 7.22. The average molecular weight is 597 g/mol. The smallest absolute Gasteiger partial charge is 0.421 e. The summed E-state index contributed by atoms with van der Waals surface area (Å²) in [5.41, 5.74) is -3.01. The highest BCUT2D eigenvalue weighted by Crippen LogP contribution is 2.36. The lowest BCUT2D eigenvalue weighted by Crippen LogP contribution is -2.29. The Balaban J connectivity index is 1.61. The zero-order chi connectivity index (χ0) is 33.2. The molecule has 0 saturated heterocycles. The molecule has 17 heteroatoms. The molecule has 0 atom stereocenters. The molecule has 0 aliphatic carbocycles. The molecule has 0 fully saturated rings. The number of aromatic nitrogens is 8. The SMILES string of the molecule is [2H]C([2H])([2H])NC(=O)c1nnc(Nc2ccc(C(F)(F)F)c(=O)n2-c2cccnc2)cc1Nc1nccc(-c2ncn(C)n2)c1OC. The van der Waals surface area contributed by atoms with Crippen LogP contribution < -0.4 is 26.2 Å². The van der Waals surface area contributed by atoms with Crippen LogP contribution in [-0.4, -0.2) is 59.5 Å². The number of aryl methyl sites for hydroxylation is 1. The molecule has 5 aromatic rings. The van der Waals surface area contributed by atoms with Crippen LogP contribution in [0, 0.1) is 0 Å². The summed E-state index contributed by atoms with van der Waals surface area (Å²) in [5.74, 6) is -0.983. The lowest BCUT2D eigenvalue weighted by molar-refractivity contribution is -0.138. The molecule has 0 spiro atoms. The zero-order valence-electron chi connectivity index (χ0n) is 25.2. The van der Waals surface area contributed by atoms with Gasteiger partial charge < -0.3 is 20.7 Å². The van der Waals surface area contributed by atoms with E-state index in [1.165, 1.54) is 54.9 Å². The van der Waals surface area contributed by atoms with Gasteiger partial charge >= 0.3 is 6.18 Å². The van der Waals surface area contributed by atoms with Gasteiger partial charge in [0.05, 0.1) is 30.2 Å². The van der Waals surface area contributed by atoms with E-state index in [-0.39, 0.29) is 40.4 Å². The number of pyridine rings is 3. The maximum absolute atomic E-state index is 13.6. The third kappa shape index (κ3) is 5.81. The van der Waals surface area contributed by atoms with E-state index in [2.05, 4.69) is 40.9 Å².